The Morgan fingerprint density at radius 2 is 2.56 bits per heavy atom. The Kier molecular flexibility index (Phi) is 1.73. The van der Waals surface area contributed by atoms with Gasteiger partial charge in [-0.05, 0) is 6.42 Å². The Morgan fingerprint density at radius 1 is 1.78 bits per heavy atom. The van der Waals surface area contributed by atoms with E-state index in [1.165, 1.54) is 0 Å². The quantitative estimate of drug-likeness (QED) is 0.529. The Bertz CT molecular complexity index is 130. The van der Waals surface area contributed by atoms with Gasteiger partial charge in [-0.2, -0.15) is 5.26 Å². The van der Waals surface area contributed by atoms with Gasteiger partial charge >= 0.3 is 0 Å². The van der Waals surface area contributed by atoms with E-state index in [0.29, 0.717) is 6.42 Å². The minimum absolute atomic E-state index is 0.161. The van der Waals surface area contributed by atoms with Gasteiger partial charge in [-0.15, -0.1) is 0 Å². The van der Waals surface area contributed by atoms with E-state index < -0.39 is 0 Å². The predicted molar refractivity (Wildman–Crippen MR) is 33.8 cm³/mol. The molecule has 1 aliphatic heterocycles. The monoisotopic (exact) mass is 125 g/mol. The molecule has 1 fully saturated rings. The van der Waals surface area contributed by atoms with Crippen molar-refractivity contribution in [3.8, 4) is 6.07 Å². The molecule has 1 saturated heterocycles. The number of rotatable bonds is 1. The molecule has 2 nitrogen and oxygen atoms in total. The van der Waals surface area contributed by atoms with Crippen molar-refractivity contribution in [3.63, 3.8) is 0 Å². The van der Waals surface area contributed by atoms with Crippen LogP contribution in [0.15, 0.2) is 0 Å². The van der Waals surface area contributed by atoms with Gasteiger partial charge in [-0.3, -0.25) is 0 Å². The maximum atomic E-state index is 8.39. The first kappa shape index (κ1) is 6.57. The molecule has 0 aromatic heterocycles. The molecule has 2 heteroatoms. The summed E-state index contributed by atoms with van der Waals surface area (Å²) in [6.07, 6.45) is 1.67. The average Bonchev–Trinajstić information content (AvgIpc) is 2.16. The van der Waals surface area contributed by atoms with Crippen LogP contribution in [0.3, 0.4) is 0 Å². The van der Waals surface area contributed by atoms with Crippen molar-refractivity contribution in [2.24, 2.45) is 5.41 Å². The minimum Gasteiger partial charge on any atom is -0.381 e. The van der Waals surface area contributed by atoms with Crippen LogP contribution in [0.1, 0.15) is 19.8 Å². The highest BCUT2D eigenvalue weighted by Gasteiger charge is 2.28. The molecule has 0 bridgehead atoms. The lowest BCUT2D eigenvalue weighted by Gasteiger charge is -2.15. The third kappa shape index (κ3) is 1.43. The van der Waals surface area contributed by atoms with Gasteiger partial charge in [0.15, 0.2) is 0 Å². The fourth-order valence-electron chi connectivity index (χ4n) is 1.04. The first-order chi connectivity index (χ1) is 4.27. The first-order valence-electron chi connectivity index (χ1n) is 3.22. The zero-order valence-electron chi connectivity index (χ0n) is 5.68. The summed E-state index contributed by atoms with van der Waals surface area (Å²) in [6.45, 7) is 3.70. The zero-order chi connectivity index (χ0) is 6.74. The highest BCUT2D eigenvalue weighted by Crippen LogP contribution is 2.30. The molecule has 0 amide bonds. The molecule has 0 aromatic rings. The Balaban J connectivity index is 2.43. The highest BCUT2D eigenvalue weighted by atomic mass is 16.5. The SMILES string of the molecule is CC1(CC#N)CCOC1. The second-order valence-electron chi connectivity index (χ2n) is 2.95. The molecule has 0 spiro atoms. The first-order valence-corrected chi connectivity index (χ1v) is 3.22. The Morgan fingerprint density at radius 3 is 3.00 bits per heavy atom. The van der Waals surface area contributed by atoms with Gasteiger partial charge in [0.1, 0.15) is 0 Å². The van der Waals surface area contributed by atoms with Crippen molar-refractivity contribution in [2.45, 2.75) is 19.8 Å². The third-order valence-corrected chi connectivity index (χ3v) is 1.81. The van der Waals surface area contributed by atoms with E-state index in [1.807, 2.05) is 0 Å². The minimum atomic E-state index is 0.161. The van der Waals surface area contributed by atoms with Crippen molar-refractivity contribution in [1.82, 2.24) is 0 Å². The van der Waals surface area contributed by atoms with Gasteiger partial charge in [0, 0.05) is 18.4 Å². The topological polar surface area (TPSA) is 33.0 Å². The summed E-state index contributed by atoms with van der Waals surface area (Å²) in [6, 6.07) is 2.17. The number of nitriles is 1. The fourth-order valence-corrected chi connectivity index (χ4v) is 1.04. The summed E-state index contributed by atoms with van der Waals surface area (Å²) in [4.78, 5) is 0. The predicted octanol–water partition coefficient (Wildman–Crippen LogP) is 1.33. The standard InChI is InChI=1S/C7H11NO/c1-7(2-4-8)3-5-9-6-7/h2-3,5-6H2,1H3. The summed E-state index contributed by atoms with van der Waals surface area (Å²) >= 11 is 0. The molecule has 0 saturated carbocycles. The van der Waals surface area contributed by atoms with Crippen molar-refractivity contribution < 1.29 is 4.74 Å². The molecular weight excluding hydrogens is 114 g/mol. The van der Waals surface area contributed by atoms with E-state index >= 15 is 0 Å². The maximum Gasteiger partial charge on any atom is 0.0628 e. The van der Waals surface area contributed by atoms with Gasteiger partial charge in [-0.25, -0.2) is 0 Å². The normalized spacial score (nSPS) is 34.2. The van der Waals surface area contributed by atoms with Gasteiger partial charge in [0.25, 0.3) is 0 Å². The fraction of sp³-hybridized carbons (Fsp3) is 0.857. The number of hydrogen-bond acceptors (Lipinski definition) is 2. The maximum absolute atomic E-state index is 8.39. The number of nitrogens with zero attached hydrogens (tertiary/aromatic N) is 1. The molecule has 50 valence electrons. The second-order valence-corrected chi connectivity index (χ2v) is 2.95. The van der Waals surface area contributed by atoms with Crippen LogP contribution in [0.25, 0.3) is 0 Å². The molecule has 9 heavy (non-hydrogen) atoms. The van der Waals surface area contributed by atoms with E-state index in [9.17, 15) is 0 Å². The number of hydrogen-bond donors (Lipinski definition) is 0. The van der Waals surface area contributed by atoms with E-state index in [4.69, 9.17) is 10.00 Å². The molecule has 0 aliphatic carbocycles. The van der Waals surface area contributed by atoms with Crippen molar-refractivity contribution in [2.75, 3.05) is 13.2 Å². The lowest BCUT2D eigenvalue weighted by molar-refractivity contribution is 0.161. The van der Waals surface area contributed by atoms with E-state index in [2.05, 4.69) is 13.0 Å². The Hall–Kier alpha value is -0.550. The lowest BCUT2D eigenvalue weighted by Crippen LogP contribution is -2.14. The van der Waals surface area contributed by atoms with Gasteiger partial charge < -0.3 is 4.74 Å². The van der Waals surface area contributed by atoms with Crippen LogP contribution in [0.5, 0.6) is 0 Å². The highest BCUT2D eigenvalue weighted by molar-refractivity contribution is 4.87. The average molecular weight is 125 g/mol. The summed E-state index contributed by atoms with van der Waals surface area (Å²) in [5.74, 6) is 0. The molecule has 1 rings (SSSR count). The summed E-state index contributed by atoms with van der Waals surface area (Å²) in [5, 5.41) is 8.39. The number of ether oxygens (including phenoxy) is 1. The van der Waals surface area contributed by atoms with Crippen LogP contribution in [-0.4, -0.2) is 13.2 Å². The molecule has 0 radical (unpaired) electrons. The van der Waals surface area contributed by atoms with E-state index in [0.717, 1.165) is 19.6 Å². The molecular formula is C7H11NO. The second kappa shape index (κ2) is 2.36. The van der Waals surface area contributed by atoms with Crippen LogP contribution in [-0.2, 0) is 4.74 Å². The zero-order valence-corrected chi connectivity index (χ0v) is 5.68. The van der Waals surface area contributed by atoms with Gasteiger partial charge in [0.05, 0.1) is 12.7 Å². The van der Waals surface area contributed by atoms with Gasteiger partial charge in [0.2, 0.25) is 0 Å². The van der Waals surface area contributed by atoms with E-state index in [1.54, 1.807) is 0 Å². The molecule has 1 heterocycles. The van der Waals surface area contributed by atoms with Crippen LogP contribution in [0, 0.1) is 16.7 Å². The van der Waals surface area contributed by atoms with Crippen molar-refractivity contribution >= 4 is 0 Å². The largest absolute Gasteiger partial charge is 0.381 e. The molecule has 0 N–H and O–H groups in total. The molecule has 1 unspecified atom stereocenters. The van der Waals surface area contributed by atoms with Crippen LogP contribution in [0.2, 0.25) is 0 Å². The van der Waals surface area contributed by atoms with Crippen molar-refractivity contribution in [1.29, 1.82) is 5.26 Å². The lowest BCUT2D eigenvalue weighted by atomic mass is 9.87. The van der Waals surface area contributed by atoms with E-state index in [-0.39, 0.29) is 5.41 Å². The molecule has 0 aromatic carbocycles. The van der Waals surface area contributed by atoms with Crippen LogP contribution >= 0.6 is 0 Å². The van der Waals surface area contributed by atoms with Gasteiger partial charge in [-0.1, -0.05) is 6.92 Å². The Labute approximate surface area is 55.4 Å². The summed E-state index contributed by atoms with van der Waals surface area (Å²) < 4.78 is 5.16. The molecule has 1 atom stereocenters. The van der Waals surface area contributed by atoms with Crippen molar-refractivity contribution in [3.05, 3.63) is 0 Å². The molecule has 1 aliphatic rings. The van der Waals surface area contributed by atoms with Crippen LogP contribution in [0.4, 0.5) is 0 Å². The third-order valence-electron chi connectivity index (χ3n) is 1.81. The van der Waals surface area contributed by atoms with Crippen LogP contribution < -0.4 is 0 Å². The summed E-state index contributed by atoms with van der Waals surface area (Å²) in [5.41, 5.74) is 0.161. The smallest absolute Gasteiger partial charge is 0.0628 e. The summed E-state index contributed by atoms with van der Waals surface area (Å²) in [7, 11) is 0.